The topological polar surface area (TPSA) is 80.5 Å². The zero-order chi connectivity index (χ0) is 17.5. The van der Waals surface area contributed by atoms with Crippen molar-refractivity contribution in [2.75, 3.05) is 32.8 Å². The molecule has 0 saturated carbocycles. The van der Waals surface area contributed by atoms with Crippen molar-refractivity contribution in [2.45, 2.75) is 25.8 Å². The van der Waals surface area contributed by atoms with Gasteiger partial charge in [0.25, 0.3) is 0 Å². The Balaban J connectivity index is 1.59. The van der Waals surface area contributed by atoms with Crippen molar-refractivity contribution < 1.29 is 14.1 Å². The van der Waals surface area contributed by atoms with Gasteiger partial charge in [0.05, 0.1) is 19.3 Å². The number of amides is 1. The Kier molecular flexibility index (Phi) is 6.14. The molecule has 1 unspecified atom stereocenters. The van der Waals surface area contributed by atoms with E-state index in [-0.39, 0.29) is 11.9 Å². The van der Waals surface area contributed by atoms with E-state index in [9.17, 15) is 4.79 Å². The highest BCUT2D eigenvalue weighted by atomic mass is 16.5. The van der Waals surface area contributed by atoms with Gasteiger partial charge in [-0.3, -0.25) is 9.69 Å². The van der Waals surface area contributed by atoms with Crippen LogP contribution in [-0.4, -0.2) is 53.8 Å². The number of aryl methyl sites for hydroxylation is 2. The number of aromatic nitrogens is 2. The van der Waals surface area contributed by atoms with Gasteiger partial charge < -0.3 is 14.6 Å². The number of morpholine rings is 1. The van der Waals surface area contributed by atoms with Crippen LogP contribution in [0.2, 0.25) is 0 Å². The van der Waals surface area contributed by atoms with Crippen molar-refractivity contribution >= 4 is 5.91 Å². The fourth-order valence-corrected chi connectivity index (χ4v) is 2.89. The Morgan fingerprint density at radius 1 is 1.28 bits per heavy atom. The number of carbonyl (C=O) groups is 1. The first-order chi connectivity index (χ1) is 12.2. The van der Waals surface area contributed by atoms with Gasteiger partial charge in [0, 0.05) is 32.5 Å². The molecule has 1 aliphatic rings. The molecule has 0 aliphatic carbocycles. The van der Waals surface area contributed by atoms with Crippen LogP contribution in [-0.2, 0) is 16.0 Å². The molecule has 1 aliphatic heterocycles. The molecular weight excluding hydrogens is 320 g/mol. The molecule has 1 aromatic carbocycles. The minimum Gasteiger partial charge on any atom is -0.379 e. The minimum atomic E-state index is -0.0452. The largest absolute Gasteiger partial charge is 0.379 e. The van der Waals surface area contributed by atoms with Crippen molar-refractivity contribution in [3.05, 3.63) is 47.6 Å². The maximum atomic E-state index is 12.4. The van der Waals surface area contributed by atoms with Crippen molar-refractivity contribution in [1.29, 1.82) is 0 Å². The SMILES string of the molecule is Cc1noc(CCC(=O)NC(CN2CCOCC2)c2ccccc2)n1. The van der Waals surface area contributed by atoms with Gasteiger partial charge in [-0.05, 0) is 12.5 Å². The van der Waals surface area contributed by atoms with Gasteiger partial charge in [0.15, 0.2) is 5.82 Å². The summed E-state index contributed by atoms with van der Waals surface area (Å²) in [6, 6.07) is 10.0. The maximum Gasteiger partial charge on any atom is 0.227 e. The van der Waals surface area contributed by atoms with Crippen LogP contribution in [0.3, 0.4) is 0 Å². The van der Waals surface area contributed by atoms with Gasteiger partial charge >= 0.3 is 0 Å². The number of rotatable bonds is 7. The minimum absolute atomic E-state index is 0.0158. The second kappa shape index (κ2) is 8.73. The summed E-state index contributed by atoms with van der Waals surface area (Å²) >= 11 is 0. The predicted octanol–water partition coefficient (Wildman–Crippen LogP) is 1.50. The molecule has 2 heterocycles. The molecule has 1 N–H and O–H groups in total. The smallest absolute Gasteiger partial charge is 0.227 e. The third-order valence-corrected chi connectivity index (χ3v) is 4.22. The van der Waals surface area contributed by atoms with E-state index >= 15 is 0 Å². The molecule has 25 heavy (non-hydrogen) atoms. The van der Waals surface area contributed by atoms with Crippen molar-refractivity contribution in [3.63, 3.8) is 0 Å². The van der Waals surface area contributed by atoms with Gasteiger partial charge in [0.1, 0.15) is 0 Å². The zero-order valence-electron chi connectivity index (χ0n) is 14.5. The third-order valence-electron chi connectivity index (χ3n) is 4.22. The Hall–Kier alpha value is -2.25. The lowest BCUT2D eigenvalue weighted by molar-refractivity contribution is -0.122. The summed E-state index contributed by atoms with van der Waals surface area (Å²) in [5, 5.41) is 6.89. The first-order valence-corrected chi connectivity index (χ1v) is 8.64. The second-order valence-electron chi connectivity index (χ2n) is 6.18. The molecular formula is C18H24N4O3. The van der Waals surface area contributed by atoms with Crippen molar-refractivity contribution in [1.82, 2.24) is 20.4 Å². The molecule has 1 atom stereocenters. The lowest BCUT2D eigenvalue weighted by Gasteiger charge is -2.31. The first kappa shape index (κ1) is 17.6. The van der Waals surface area contributed by atoms with E-state index in [0.29, 0.717) is 24.6 Å². The lowest BCUT2D eigenvalue weighted by Crippen LogP contribution is -2.43. The van der Waals surface area contributed by atoms with E-state index in [1.165, 1.54) is 0 Å². The Morgan fingerprint density at radius 3 is 2.72 bits per heavy atom. The van der Waals surface area contributed by atoms with Crippen LogP contribution in [0.5, 0.6) is 0 Å². The fraction of sp³-hybridized carbons (Fsp3) is 0.500. The zero-order valence-corrected chi connectivity index (χ0v) is 14.5. The Bertz CT molecular complexity index is 668. The first-order valence-electron chi connectivity index (χ1n) is 8.64. The van der Waals surface area contributed by atoms with Crippen LogP contribution in [0, 0.1) is 6.92 Å². The Morgan fingerprint density at radius 2 is 2.04 bits per heavy atom. The highest BCUT2D eigenvalue weighted by molar-refractivity contribution is 5.76. The second-order valence-corrected chi connectivity index (χ2v) is 6.18. The Labute approximate surface area is 147 Å². The summed E-state index contributed by atoms with van der Waals surface area (Å²) in [5.74, 6) is 1.07. The van der Waals surface area contributed by atoms with Gasteiger partial charge in [-0.15, -0.1) is 0 Å². The van der Waals surface area contributed by atoms with Crippen LogP contribution in [0.4, 0.5) is 0 Å². The van der Waals surface area contributed by atoms with E-state index in [2.05, 4.69) is 20.4 Å². The molecule has 1 amide bonds. The molecule has 7 heteroatoms. The van der Waals surface area contributed by atoms with Crippen LogP contribution in [0.15, 0.2) is 34.9 Å². The number of carbonyl (C=O) groups excluding carboxylic acids is 1. The van der Waals surface area contributed by atoms with Gasteiger partial charge in [-0.25, -0.2) is 0 Å². The molecule has 7 nitrogen and oxygen atoms in total. The third kappa shape index (κ3) is 5.37. The highest BCUT2D eigenvalue weighted by Gasteiger charge is 2.20. The average molecular weight is 344 g/mol. The summed E-state index contributed by atoms with van der Waals surface area (Å²) in [6.07, 6.45) is 0.778. The highest BCUT2D eigenvalue weighted by Crippen LogP contribution is 2.15. The molecule has 3 rings (SSSR count). The molecule has 0 radical (unpaired) electrons. The molecule has 2 aromatic rings. The predicted molar refractivity (Wildman–Crippen MR) is 91.9 cm³/mol. The van der Waals surface area contributed by atoms with E-state index in [1.54, 1.807) is 6.92 Å². The number of nitrogens with zero attached hydrogens (tertiary/aromatic N) is 3. The lowest BCUT2D eigenvalue weighted by atomic mass is 10.1. The summed E-state index contributed by atoms with van der Waals surface area (Å²) in [4.78, 5) is 18.9. The molecule has 1 saturated heterocycles. The van der Waals surface area contributed by atoms with E-state index in [1.807, 2.05) is 30.3 Å². The van der Waals surface area contributed by atoms with E-state index in [0.717, 1.165) is 38.4 Å². The summed E-state index contributed by atoms with van der Waals surface area (Å²) < 4.78 is 10.5. The average Bonchev–Trinajstić information content (AvgIpc) is 3.06. The fourth-order valence-electron chi connectivity index (χ4n) is 2.89. The van der Waals surface area contributed by atoms with Gasteiger partial charge in [-0.1, -0.05) is 35.5 Å². The number of benzene rings is 1. The van der Waals surface area contributed by atoms with Gasteiger partial charge in [-0.2, -0.15) is 4.98 Å². The van der Waals surface area contributed by atoms with E-state index < -0.39 is 0 Å². The molecule has 0 spiro atoms. The molecule has 1 aromatic heterocycles. The van der Waals surface area contributed by atoms with Gasteiger partial charge in [0.2, 0.25) is 11.8 Å². The number of ether oxygens (including phenoxy) is 1. The van der Waals surface area contributed by atoms with Crippen molar-refractivity contribution in [3.8, 4) is 0 Å². The number of hydrogen-bond acceptors (Lipinski definition) is 6. The van der Waals surface area contributed by atoms with Crippen LogP contribution >= 0.6 is 0 Å². The maximum absolute atomic E-state index is 12.4. The summed E-state index contributed by atoms with van der Waals surface area (Å²) in [5.41, 5.74) is 1.11. The monoisotopic (exact) mass is 344 g/mol. The quantitative estimate of drug-likeness (QED) is 0.820. The number of nitrogens with one attached hydrogen (secondary N) is 1. The van der Waals surface area contributed by atoms with Crippen molar-refractivity contribution in [2.24, 2.45) is 0 Å². The standard InChI is InChI=1S/C18H24N4O3/c1-14-19-18(25-21-14)8-7-17(23)20-16(15-5-3-2-4-6-15)13-22-9-11-24-12-10-22/h2-6,16H,7-13H2,1H3,(H,20,23). The number of hydrogen-bond donors (Lipinski definition) is 1. The molecule has 134 valence electrons. The summed E-state index contributed by atoms with van der Waals surface area (Å²) in [6.45, 7) is 5.80. The van der Waals surface area contributed by atoms with Crippen LogP contribution in [0.25, 0.3) is 0 Å². The van der Waals surface area contributed by atoms with Crippen LogP contribution in [0.1, 0.15) is 29.7 Å². The summed E-state index contributed by atoms with van der Waals surface area (Å²) in [7, 11) is 0. The molecule has 0 bridgehead atoms. The van der Waals surface area contributed by atoms with Crippen LogP contribution < -0.4 is 5.32 Å². The normalized spacial score (nSPS) is 16.5. The van der Waals surface area contributed by atoms with E-state index in [4.69, 9.17) is 9.26 Å². The molecule has 1 fully saturated rings.